The summed E-state index contributed by atoms with van der Waals surface area (Å²) in [5.41, 5.74) is 1.49. The number of aromatic nitrogens is 2. The van der Waals surface area contributed by atoms with Crippen molar-refractivity contribution in [3.05, 3.63) is 39.3 Å². The van der Waals surface area contributed by atoms with E-state index in [0.29, 0.717) is 32.4 Å². The monoisotopic (exact) mass is 409 g/mol. The first-order valence-electron chi connectivity index (χ1n) is 7.50. The number of carbonyl (C=O) groups is 1. The number of benzene rings is 1. The van der Waals surface area contributed by atoms with Crippen LogP contribution in [0.15, 0.2) is 23.6 Å². The number of hydrogen-bond donors (Lipinski definition) is 2. The van der Waals surface area contributed by atoms with Crippen LogP contribution in [-0.4, -0.2) is 27.3 Å². The molecule has 0 radical (unpaired) electrons. The molecule has 0 saturated heterocycles. The Bertz CT molecular complexity index is 988. The number of rotatable bonds is 4. The van der Waals surface area contributed by atoms with Crippen molar-refractivity contribution < 1.29 is 19.4 Å². The molecule has 1 aliphatic rings. The molecule has 1 unspecified atom stereocenters. The Hall–Kier alpha value is -2.20. The van der Waals surface area contributed by atoms with Crippen LogP contribution in [0, 0.1) is 6.92 Å². The largest absolute Gasteiger partial charge is 0.442 e. The number of aryl methyl sites for hydroxylation is 1. The molecule has 0 fully saturated rings. The van der Waals surface area contributed by atoms with Crippen LogP contribution in [0.25, 0.3) is 10.6 Å². The number of hydrogen-bond acceptors (Lipinski definition) is 8. The highest BCUT2D eigenvalue weighted by molar-refractivity contribution is 7.17. The van der Waals surface area contributed by atoms with E-state index in [-0.39, 0.29) is 6.61 Å². The van der Waals surface area contributed by atoms with Gasteiger partial charge in [-0.3, -0.25) is 10.1 Å². The molecule has 1 amide bonds. The van der Waals surface area contributed by atoms with E-state index in [4.69, 9.17) is 21.1 Å². The first kappa shape index (κ1) is 17.2. The van der Waals surface area contributed by atoms with Crippen molar-refractivity contribution in [2.45, 2.75) is 19.8 Å². The maximum atomic E-state index is 12.4. The summed E-state index contributed by atoms with van der Waals surface area (Å²) in [6, 6.07) is 4.91. The summed E-state index contributed by atoms with van der Waals surface area (Å²) in [4.78, 5) is 21.9. The summed E-state index contributed by atoms with van der Waals surface area (Å²) in [6.07, 6.45) is -1.10. The van der Waals surface area contributed by atoms with Crippen LogP contribution in [0.5, 0.6) is 11.5 Å². The molecule has 3 heterocycles. The predicted octanol–water partition coefficient (Wildman–Crippen LogP) is 3.46. The predicted molar refractivity (Wildman–Crippen MR) is 99.0 cm³/mol. The number of amides is 1. The summed E-state index contributed by atoms with van der Waals surface area (Å²) in [5, 5.41) is 15.2. The van der Waals surface area contributed by atoms with Gasteiger partial charge in [-0.15, -0.1) is 22.7 Å². The van der Waals surface area contributed by atoms with Crippen LogP contribution in [0.4, 0.5) is 5.13 Å². The molecule has 1 aromatic carbocycles. The van der Waals surface area contributed by atoms with Gasteiger partial charge in [-0.2, -0.15) is 0 Å². The Kier molecular flexibility index (Phi) is 4.53. The zero-order chi connectivity index (χ0) is 18.3. The molecule has 1 atom stereocenters. The minimum Gasteiger partial charge on any atom is -0.442 e. The van der Waals surface area contributed by atoms with E-state index in [1.54, 1.807) is 18.2 Å². The molecule has 26 heavy (non-hydrogen) atoms. The fourth-order valence-corrected chi connectivity index (χ4v) is 4.22. The summed E-state index contributed by atoms with van der Waals surface area (Å²) >= 11 is 8.56. The zero-order valence-corrected chi connectivity index (χ0v) is 15.7. The second-order valence-corrected chi connectivity index (χ2v) is 7.74. The van der Waals surface area contributed by atoms with Crippen molar-refractivity contribution in [2.75, 3.05) is 5.32 Å². The van der Waals surface area contributed by atoms with Gasteiger partial charge in [0.25, 0.3) is 0 Å². The molecule has 134 valence electrons. The lowest BCUT2D eigenvalue weighted by molar-refractivity contribution is -0.131. The van der Waals surface area contributed by atoms with Gasteiger partial charge in [0.2, 0.25) is 0 Å². The molecule has 4 rings (SSSR count). The first-order valence-corrected chi connectivity index (χ1v) is 9.57. The molecule has 3 aromatic rings. The molecule has 0 aliphatic carbocycles. The summed E-state index contributed by atoms with van der Waals surface area (Å²) < 4.78 is 10.9. The van der Waals surface area contributed by atoms with E-state index in [1.807, 2.05) is 12.3 Å². The summed E-state index contributed by atoms with van der Waals surface area (Å²) in [7, 11) is 0. The third-order valence-electron chi connectivity index (χ3n) is 3.53. The van der Waals surface area contributed by atoms with E-state index >= 15 is 0 Å². The Morgan fingerprint density at radius 2 is 2.15 bits per heavy atom. The molecule has 0 bridgehead atoms. The normalized spacial score (nSPS) is 15.3. The van der Waals surface area contributed by atoms with Crippen LogP contribution in [0.3, 0.4) is 0 Å². The minimum absolute atomic E-state index is 0.111. The minimum atomic E-state index is -1.10. The number of aliphatic hydroxyl groups excluding tert-OH is 1. The Morgan fingerprint density at radius 1 is 1.35 bits per heavy atom. The van der Waals surface area contributed by atoms with Gasteiger partial charge in [-0.1, -0.05) is 11.6 Å². The van der Waals surface area contributed by atoms with E-state index in [9.17, 15) is 9.90 Å². The zero-order valence-electron chi connectivity index (χ0n) is 13.4. The topological polar surface area (TPSA) is 93.6 Å². The van der Waals surface area contributed by atoms with Gasteiger partial charge < -0.3 is 14.6 Å². The van der Waals surface area contributed by atoms with Crippen LogP contribution in [0.2, 0.25) is 5.02 Å². The smallest absolute Gasteiger partial charge is 0.322 e. The number of nitrogens with zero attached hydrogens (tertiary/aromatic N) is 2. The Balaban J connectivity index is 1.46. The number of carbonyl (C=O) groups excluding carboxylic acids is 1. The van der Waals surface area contributed by atoms with E-state index < -0.39 is 12.2 Å². The van der Waals surface area contributed by atoms with Crippen molar-refractivity contribution >= 4 is 45.3 Å². The second-order valence-electron chi connectivity index (χ2n) is 5.37. The molecule has 7 nitrogen and oxygen atoms in total. The number of fused-ring (bicyclic) bond motifs is 1. The number of halogens is 1. The van der Waals surface area contributed by atoms with Gasteiger partial charge in [-0.25, -0.2) is 9.97 Å². The van der Waals surface area contributed by atoms with Crippen molar-refractivity contribution in [1.82, 2.24) is 9.97 Å². The van der Waals surface area contributed by atoms with E-state index in [2.05, 4.69) is 15.3 Å². The van der Waals surface area contributed by atoms with Crippen LogP contribution < -0.4 is 14.8 Å². The third-order valence-corrected chi connectivity index (χ3v) is 5.69. The lowest BCUT2D eigenvalue weighted by atomic mass is 10.3. The van der Waals surface area contributed by atoms with Crippen LogP contribution >= 0.6 is 34.3 Å². The number of anilines is 1. The highest BCUT2D eigenvalue weighted by Crippen LogP contribution is 2.37. The maximum absolute atomic E-state index is 12.4. The number of nitrogens with one attached hydrogen (secondary N) is 1. The van der Waals surface area contributed by atoms with Crippen molar-refractivity contribution in [3.8, 4) is 22.1 Å². The molecular formula is C16H12ClN3O4S2. The average Bonchev–Trinajstić information content (AvgIpc) is 3.32. The standard InChI is InChI=1S/C16H12ClN3O4S2/c1-7-13(26-12(5-21)18-7)9-6-25-16(19-9)20-14(22)15-23-10-3-2-8(17)4-11(10)24-15/h2-4,6,15,21H,5H2,1H3,(H,19,20,22). The molecule has 1 aliphatic heterocycles. The maximum Gasteiger partial charge on any atom is 0.322 e. The lowest BCUT2D eigenvalue weighted by Crippen LogP contribution is -2.34. The van der Waals surface area contributed by atoms with E-state index in [0.717, 1.165) is 10.6 Å². The van der Waals surface area contributed by atoms with Crippen molar-refractivity contribution in [3.63, 3.8) is 0 Å². The van der Waals surface area contributed by atoms with Crippen LogP contribution in [0.1, 0.15) is 10.7 Å². The molecule has 2 aromatic heterocycles. The number of thiazole rings is 2. The fourth-order valence-electron chi connectivity index (χ4n) is 2.39. The first-order chi connectivity index (χ1) is 12.5. The van der Waals surface area contributed by atoms with Gasteiger partial charge in [-0.05, 0) is 19.1 Å². The van der Waals surface area contributed by atoms with Gasteiger partial charge in [0, 0.05) is 16.5 Å². The van der Waals surface area contributed by atoms with Gasteiger partial charge in [0.1, 0.15) is 5.01 Å². The molecule has 0 spiro atoms. The summed E-state index contributed by atoms with van der Waals surface area (Å²) in [5.74, 6) is 0.427. The average molecular weight is 410 g/mol. The third kappa shape index (κ3) is 3.26. The highest BCUT2D eigenvalue weighted by Gasteiger charge is 2.31. The van der Waals surface area contributed by atoms with Gasteiger partial charge in [0.15, 0.2) is 16.6 Å². The Morgan fingerprint density at radius 3 is 2.92 bits per heavy atom. The molecule has 0 saturated carbocycles. The van der Waals surface area contributed by atoms with E-state index in [1.165, 1.54) is 22.7 Å². The van der Waals surface area contributed by atoms with Gasteiger partial charge in [0.05, 0.1) is 22.9 Å². The Labute approximate surface area is 161 Å². The molecule has 10 heteroatoms. The quantitative estimate of drug-likeness (QED) is 0.685. The van der Waals surface area contributed by atoms with Crippen molar-refractivity contribution in [1.29, 1.82) is 0 Å². The molecule has 2 N–H and O–H groups in total. The van der Waals surface area contributed by atoms with Crippen LogP contribution in [-0.2, 0) is 11.4 Å². The fraction of sp³-hybridized carbons (Fsp3) is 0.188. The molecular weight excluding hydrogens is 398 g/mol. The number of ether oxygens (including phenoxy) is 2. The SMILES string of the molecule is Cc1nc(CO)sc1-c1csc(NC(=O)C2Oc3ccc(Cl)cc3O2)n1. The second kappa shape index (κ2) is 6.84. The van der Waals surface area contributed by atoms with Gasteiger partial charge >= 0.3 is 12.2 Å². The van der Waals surface area contributed by atoms with Crippen molar-refractivity contribution in [2.24, 2.45) is 0 Å². The summed E-state index contributed by atoms with van der Waals surface area (Å²) in [6.45, 7) is 1.74. The number of aliphatic hydroxyl groups is 1. The highest BCUT2D eigenvalue weighted by atomic mass is 35.5. The lowest BCUT2D eigenvalue weighted by Gasteiger charge is -2.08.